The predicted molar refractivity (Wildman–Crippen MR) is 93.0 cm³/mol. The van der Waals surface area contributed by atoms with Gasteiger partial charge in [0.15, 0.2) is 4.34 Å². The highest BCUT2D eigenvalue weighted by Gasteiger charge is 2.13. The van der Waals surface area contributed by atoms with Crippen LogP contribution in [0.2, 0.25) is 0 Å². The van der Waals surface area contributed by atoms with Crippen molar-refractivity contribution < 1.29 is 23.9 Å². The average Bonchev–Trinajstić information content (AvgIpc) is 3.07. The highest BCUT2D eigenvalue weighted by molar-refractivity contribution is 8.01. The zero-order chi connectivity index (χ0) is 18.2. The van der Waals surface area contributed by atoms with E-state index in [4.69, 9.17) is 4.74 Å². The zero-order valence-electron chi connectivity index (χ0n) is 13.5. The Bertz CT molecular complexity index is 761. The molecule has 10 heteroatoms. The minimum Gasteiger partial charge on any atom is -0.465 e. The summed E-state index contributed by atoms with van der Waals surface area (Å²) >= 11 is 2.34. The molecule has 0 bridgehead atoms. The number of hydrogen-bond acceptors (Lipinski definition) is 9. The Morgan fingerprint density at radius 1 is 1.16 bits per heavy atom. The lowest BCUT2D eigenvalue weighted by Crippen LogP contribution is -2.12. The summed E-state index contributed by atoms with van der Waals surface area (Å²) in [5, 5.41) is 10.7. The van der Waals surface area contributed by atoms with Crippen molar-refractivity contribution in [2.24, 2.45) is 0 Å². The van der Waals surface area contributed by atoms with E-state index in [0.717, 1.165) is 11.3 Å². The third-order valence-electron chi connectivity index (χ3n) is 2.81. The standard InChI is InChI=1S/C15H15N3O5S2/c1-3-23-11(19)8-24-15-18-17-14(25-15)16-12(20)9-4-6-10(7-5-9)13(21)22-2/h4-7H,3,8H2,1-2H3,(H,16,17,20). The van der Waals surface area contributed by atoms with Crippen LogP contribution in [0, 0.1) is 0 Å². The molecule has 132 valence electrons. The molecule has 1 heterocycles. The van der Waals surface area contributed by atoms with E-state index in [1.54, 1.807) is 6.92 Å². The third-order valence-corrected chi connectivity index (χ3v) is 4.76. The molecule has 1 aromatic heterocycles. The van der Waals surface area contributed by atoms with Crippen molar-refractivity contribution >= 4 is 46.1 Å². The SMILES string of the molecule is CCOC(=O)CSc1nnc(NC(=O)c2ccc(C(=O)OC)cc2)s1. The van der Waals surface area contributed by atoms with E-state index in [2.05, 4.69) is 20.3 Å². The van der Waals surface area contributed by atoms with Gasteiger partial charge in [-0.25, -0.2) is 4.79 Å². The van der Waals surface area contributed by atoms with Gasteiger partial charge in [-0.3, -0.25) is 14.9 Å². The topological polar surface area (TPSA) is 107 Å². The predicted octanol–water partition coefficient (Wildman–Crippen LogP) is 2.23. The minimum absolute atomic E-state index is 0.130. The second-order valence-corrected chi connectivity index (χ2v) is 6.69. The number of anilines is 1. The van der Waals surface area contributed by atoms with Crippen molar-refractivity contribution in [3.63, 3.8) is 0 Å². The number of carbonyl (C=O) groups is 3. The summed E-state index contributed by atoms with van der Waals surface area (Å²) in [6.45, 7) is 2.06. The van der Waals surface area contributed by atoms with E-state index in [-0.39, 0.29) is 17.6 Å². The molecular formula is C15H15N3O5S2. The fourth-order valence-corrected chi connectivity index (χ4v) is 3.23. The monoisotopic (exact) mass is 381 g/mol. The molecule has 0 unspecified atom stereocenters. The smallest absolute Gasteiger partial charge is 0.337 e. The van der Waals surface area contributed by atoms with Crippen LogP contribution in [-0.2, 0) is 14.3 Å². The van der Waals surface area contributed by atoms with Crippen LogP contribution in [0.15, 0.2) is 28.6 Å². The number of hydrogen-bond donors (Lipinski definition) is 1. The van der Waals surface area contributed by atoms with Gasteiger partial charge in [-0.2, -0.15) is 0 Å². The molecule has 0 spiro atoms. The third kappa shape index (κ3) is 5.54. The Kier molecular flexibility index (Phi) is 6.90. The van der Waals surface area contributed by atoms with Crippen LogP contribution in [0.4, 0.5) is 5.13 Å². The Balaban J connectivity index is 1.92. The van der Waals surface area contributed by atoms with Gasteiger partial charge >= 0.3 is 11.9 Å². The van der Waals surface area contributed by atoms with E-state index in [1.165, 1.54) is 43.1 Å². The molecule has 0 aliphatic carbocycles. The maximum Gasteiger partial charge on any atom is 0.337 e. The molecule has 1 aromatic carbocycles. The largest absolute Gasteiger partial charge is 0.465 e. The lowest BCUT2D eigenvalue weighted by Gasteiger charge is -2.02. The summed E-state index contributed by atoms with van der Waals surface area (Å²) < 4.78 is 9.97. The molecule has 0 atom stereocenters. The van der Waals surface area contributed by atoms with Crippen LogP contribution in [0.3, 0.4) is 0 Å². The first-order valence-corrected chi connectivity index (χ1v) is 8.95. The van der Waals surface area contributed by atoms with E-state index in [0.29, 0.717) is 27.2 Å². The molecule has 0 saturated heterocycles. The van der Waals surface area contributed by atoms with E-state index < -0.39 is 5.97 Å². The second-order valence-electron chi connectivity index (χ2n) is 4.49. The molecule has 0 fully saturated rings. The highest BCUT2D eigenvalue weighted by atomic mass is 32.2. The number of thioether (sulfide) groups is 1. The van der Waals surface area contributed by atoms with Crippen molar-refractivity contribution in [1.82, 2.24) is 10.2 Å². The van der Waals surface area contributed by atoms with Crippen LogP contribution in [-0.4, -0.2) is 47.5 Å². The maximum atomic E-state index is 12.2. The number of carbonyl (C=O) groups excluding carboxylic acids is 3. The molecule has 8 nitrogen and oxygen atoms in total. The average molecular weight is 381 g/mol. The molecule has 0 saturated carbocycles. The number of methoxy groups -OCH3 is 1. The fraction of sp³-hybridized carbons (Fsp3) is 0.267. The fourth-order valence-electron chi connectivity index (χ4n) is 1.69. The lowest BCUT2D eigenvalue weighted by molar-refractivity contribution is -0.139. The highest BCUT2D eigenvalue weighted by Crippen LogP contribution is 2.25. The summed E-state index contributed by atoms with van der Waals surface area (Å²) in [7, 11) is 1.29. The van der Waals surface area contributed by atoms with Crippen LogP contribution >= 0.6 is 23.1 Å². The Morgan fingerprint density at radius 2 is 1.84 bits per heavy atom. The molecule has 1 N–H and O–H groups in total. The van der Waals surface area contributed by atoms with Gasteiger partial charge in [0.2, 0.25) is 5.13 Å². The number of nitrogens with zero attached hydrogens (tertiary/aromatic N) is 2. The van der Waals surface area contributed by atoms with E-state index >= 15 is 0 Å². The first kappa shape index (κ1) is 18.9. The molecule has 2 aromatic rings. The quantitative estimate of drug-likeness (QED) is 0.442. The zero-order valence-corrected chi connectivity index (χ0v) is 15.1. The number of ether oxygens (including phenoxy) is 2. The van der Waals surface area contributed by atoms with Gasteiger partial charge in [0.05, 0.1) is 25.0 Å². The summed E-state index contributed by atoms with van der Waals surface area (Å²) in [5.74, 6) is -1.06. The van der Waals surface area contributed by atoms with Crippen molar-refractivity contribution in [3.05, 3.63) is 35.4 Å². The maximum absolute atomic E-state index is 12.2. The van der Waals surface area contributed by atoms with E-state index in [1.807, 2.05) is 0 Å². The van der Waals surface area contributed by atoms with Gasteiger partial charge in [-0.05, 0) is 31.2 Å². The summed E-state index contributed by atoms with van der Waals surface area (Å²) in [5.41, 5.74) is 0.719. The van der Waals surface area contributed by atoms with Crippen molar-refractivity contribution in [1.29, 1.82) is 0 Å². The van der Waals surface area contributed by atoms with Gasteiger partial charge in [0.1, 0.15) is 0 Å². The van der Waals surface area contributed by atoms with Gasteiger partial charge in [0, 0.05) is 5.56 Å². The summed E-state index contributed by atoms with van der Waals surface area (Å²) in [4.78, 5) is 34.8. The molecule has 2 rings (SSSR count). The number of benzene rings is 1. The minimum atomic E-state index is -0.473. The number of amides is 1. The molecule has 0 aliphatic heterocycles. The van der Waals surface area contributed by atoms with Gasteiger partial charge in [-0.15, -0.1) is 10.2 Å². The number of esters is 2. The van der Waals surface area contributed by atoms with Crippen LogP contribution in [0.25, 0.3) is 0 Å². The molecule has 25 heavy (non-hydrogen) atoms. The van der Waals surface area contributed by atoms with Crippen LogP contribution in [0.1, 0.15) is 27.6 Å². The van der Waals surface area contributed by atoms with Gasteiger partial charge < -0.3 is 9.47 Å². The van der Waals surface area contributed by atoms with Crippen molar-refractivity contribution in [2.45, 2.75) is 11.3 Å². The first-order valence-electron chi connectivity index (χ1n) is 7.15. The molecular weight excluding hydrogens is 366 g/mol. The molecule has 0 aliphatic rings. The Morgan fingerprint density at radius 3 is 2.48 bits per heavy atom. The first-order chi connectivity index (χ1) is 12.0. The van der Waals surface area contributed by atoms with Gasteiger partial charge in [-0.1, -0.05) is 23.1 Å². The molecule has 1 amide bonds. The number of nitrogens with one attached hydrogen (secondary N) is 1. The van der Waals surface area contributed by atoms with Crippen molar-refractivity contribution in [2.75, 3.05) is 24.8 Å². The lowest BCUT2D eigenvalue weighted by atomic mass is 10.1. The molecule has 0 radical (unpaired) electrons. The van der Waals surface area contributed by atoms with E-state index in [9.17, 15) is 14.4 Å². The van der Waals surface area contributed by atoms with Crippen LogP contribution in [0.5, 0.6) is 0 Å². The normalized spacial score (nSPS) is 10.2. The Labute approximate surface area is 151 Å². The van der Waals surface area contributed by atoms with Crippen LogP contribution < -0.4 is 5.32 Å². The van der Waals surface area contributed by atoms with Crippen molar-refractivity contribution in [3.8, 4) is 0 Å². The Hall–Kier alpha value is -2.46. The number of rotatable bonds is 7. The summed E-state index contributed by atoms with van der Waals surface area (Å²) in [6.07, 6.45) is 0. The van der Waals surface area contributed by atoms with Gasteiger partial charge in [0.25, 0.3) is 5.91 Å². The second kappa shape index (κ2) is 9.14. The number of aromatic nitrogens is 2. The summed E-state index contributed by atoms with van der Waals surface area (Å²) in [6, 6.07) is 6.03.